The van der Waals surface area contributed by atoms with Crippen molar-refractivity contribution < 1.29 is 0 Å². The minimum Gasteiger partial charge on any atom is -0.365 e. The molecule has 1 saturated carbocycles. The van der Waals surface area contributed by atoms with Gasteiger partial charge in [0.1, 0.15) is 0 Å². The SMILES string of the molecule is CCC1CNC2(CCCCC2)CN1c1ccc(Cl)cc1. The van der Waals surface area contributed by atoms with Crippen molar-refractivity contribution in [2.45, 2.75) is 57.0 Å². The van der Waals surface area contributed by atoms with Crippen LogP contribution in [0.4, 0.5) is 5.69 Å². The molecule has 1 atom stereocenters. The summed E-state index contributed by atoms with van der Waals surface area (Å²) in [4.78, 5) is 2.61. The molecule has 3 rings (SSSR count). The fourth-order valence-electron chi connectivity index (χ4n) is 3.82. The number of rotatable bonds is 2. The molecule has 1 spiro atoms. The van der Waals surface area contributed by atoms with Crippen molar-refractivity contribution in [1.29, 1.82) is 0 Å². The molecular formula is C17H25ClN2. The summed E-state index contributed by atoms with van der Waals surface area (Å²) in [6.07, 6.45) is 7.99. The second-order valence-electron chi connectivity index (χ2n) is 6.39. The lowest BCUT2D eigenvalue weighted by Gasteiger charge is -2.50. The Morgan fingerprint density at radius 2 is 1.90 bits per heavy atom. The smallest absolute Gasteiger partial charge is 0.0412 e. The number of halogens is 1. The zero-order valence-corrected chi connectivity index (χ0v) is 13.1. The van der Waals surface area contributed by atoms with Gasteiger partial charge in [-0.05, 0) is 43.5 Å². The molecule has 0 bridgehead atoms. The van der Waals surface area contributed by atoms with Gasteiger partial charge in [-0.1, -0.05) is 37.8 Å². The second kappa shape index (κ2) is 5.95. The maximum Gasteiger partial charge on any atom is 0.0412 e. The van der Waals surface area contributed by atoms with E-state index in [4.69, 9.17) is 11.6 Å². The largest absolute Gasteiger partial charge is 0.365 e. The minimum atomic E-state index is 0.351. The molecule has 20 heavy (non-hydrogen) atoms. The summed E-state index contributed by atoms with van der Waals surface area (Å²) < 4.78 is 0. The van der Waals surface area contributed by atoms with E-state index in [1.54, 1.807) is 0 Å². The second-order valence-corrected chi connectivity index (χ2v) is 6.82. The molecule has 3 heteroatoms. The van der Waals surface area contributed by atoms with Gasteiger partial charge in [0.05, 0.1) is 0 Å². The molecule has 1 aromatic rings. The van der Waals surface area contributed by atoms with Crippen molar-refractivity contribution in [2.75, 3.05) is 18.0 Å². The van der Waals surface area contributed by atoms with E-state index in [9.17, 15) is 0 Å². The molecule has 1 N–H and O–H groups in total. The standard InChI is InChI=1S/C17H25ClN2/c1-2-15-12-19-17(10-4-3-5-11-17)13-20(15)16-8-6-14(18)7-9-16/h6-9,15,19H,2-5,10-13H2,1H3. The molecular weight excluding hydrogens is 268 g/mol. The molecule has 2 fully saturated rings. The number of benzene rings is 1. The van der Waals surface area contributed by atoms with Gasteiger partial charge in [-0.3, -0.25) is 0 Å². The van der Waals surface area contributed by atoms with Crippen LogP contribution in [0.1, 0.15) is 45.4 Å². The Kier molecular flexibility index (Phi) is 4.23. The van der Waals surface area contributed by atoms with Gasteiger partial charge < -0.3 is 10.2 Å². The average molecular weight is 293 g/mol. The van der Waals surface area contributed by atoms with Crippen LogP contribution < -0.4 is 10.2 Å². The van der Waals surface area contributed by atoms with Crippen LogP contribution in [0, 0.1) is 0 Å². The molecule has 1 heterocycles. The summed E-state index contributed by atoms with van der Waals surface area (Å²) in [6.45, 7) is 4.54. The van der Waals surface area contributed by atoms with E-state index < -0.39 is 0 Å². The van der Waals surface area contributed by atoms with Crippen molar-refractivity contribution in [3.8, 4) is 0 Å². The normalized spacial score (nSPS) is 25.9. The van der Waals surface area contributed by atoms with Gasteiger partial charge in [-0.15, -0.1) is 0 Å². The summed E-state index contributed by atoms with van der Waals surface area (Å²) in [5.41, 5.74) is 1.68. The van der Waals surface area contributed by atoms with Crippen LogP contribution in [0.5, 0.6) is 0 Å². The molecule has 1 saturated heterocycles. The Morgan fingerprint density at radius 1 is 1.20 bits per heavy atom. The highest BCUT2D eigenvalue weighted by molar-refractivity contribution is 6.30. The quantitative estimate of drug-likeness (QED) is 0.877. The number of hydrogen-bond acceptors (Lipinski definition) is 2. The first-order valence-corrected chi connectivity index (χ1v) is 8.37. The van der Waals surface area contributed by atoms with Crippen LogP contribution in [0.2, 0.25) is 5.02 Å². The van der Waals surface area contributed by atoms with Gasteiger partial charge in [0.25, 0.3) is 0 Å². The Bertz CT molecular complexity index is 437. The highest BCUT2D eigenvalue weighted by Crippen LogP contribution is 2.34. The first kappa shape index (κ1) is 14.2. The average Bonchev–Trinajstić information content (AvgIpc) is 2.49. The topological polar surface area (TPSA) is 15.3 Å². The fraction of sp³-hybridized carbons (Fsp3) is 0.647. The molecule has 1 aliphatic carbocycles. The fourth-order valence-corrected chi connectivity index (χ4v) is 3.94. The molecule has 0 radical (unpaired) electrons. The lowest BCUT2D eigenvalue weighted by atomic mass is 9.79. The molecule has 0 amide bonds. The van der Waals surface area contributed by atoms with Crippen molar-refractivity contribution >= 4 is 17.3 Å². The molecule has 0 aromatic heterocycles. The Balaban J connectivity index is 1.82. The minimum absolute atomic E-state index is 0.351. The van der Waals surface area contributed by atoms with Gasteiger partial charge in [-0.25, -0.2) is 0 Å². The highest BCUT2D eigenvalue weighted by atomic mass is 35.5. The van der Waals surface area contributed by atoms with E-state index in [0.29, 0.717) is 11.6 Å². The summed E-state index contributed by atoms with van der Waals surface area (Å²) in [7, 11) is 0. The van der Waals surface area contributed by atoms with Gasteiger partial charge in [0.2, 0.25) is 0 Å². The van der Waals surface area contributed by atoms with Gasteiger partial charge >= 0.3 is 0 Å². The predicted octanol–water partition coefficient (Wildman–Crippen LogP) is 4.23. The Morgan fingerprint density at radius 3 is 2.55 bits per heavy atom. The number of nitrogens with one attached hydrogen (secondary N) is 1. The van der Waals surface area contributed by atoms with Gasteiger partial charge in [-0.2, -0.15) is 0 Å². The van der Waals surface area contributed by atoms with Crippen LogP contribution in [0.15, 0.2) is 24.3 Å². The lowest BCUT2D eigenvalue weighted by molar-refractivity contribution is 0.196. The zero-order chi connectivity index (χ0) is 14.0. The van der Waals surface area contributed by atoms with Crippen molar-refractivity contribution in [1.82, 2.24) is 5.32 Å². The molecule has 2 aliphatic rings. The first-order valence-electron chi connectivity index (χ1n) is 8.00. The van der Waals surface area contributed by atoms with Crippen LogP contribution in [-0.2, 0) is 0 Å². The first-order chi connectivity index (χ1) is 9.72. The zero-order valence-electron chi connectivity index (χ0n) is 12.4. The maximum atomic E-state index is 6.03. The van der Waals surface area contributed by atoms with E-state index in [0.717, 1.165) is 18.1 Å². The van der Waals surface area contributed by atoms with E-state index in [2.05, 4.69) is 29.3 Å². The number of piperazine rings is 1. The van der Waals surface area contributed by atoms with Crippen molar-refractivity contribution in [3.63, 3.8) is 0 Å². The van der Waals surface area contributed by atoms with Gasteiger partial charge in [0, 0.05) is 35.4 Å². The number of hydrogen-bond donors (Lipinski definition) is 1. The number of anilines is 1. The van der Waals surface area contributed by atoms with Crippen LogP contribution in [-0.4, -0.2) is 24.7 Å². The van der Waals surface area contributed by atoms with E-state index in [1.807, 2.05) is 12.1 Å². The van der Waals surface area contributed by atoms with Crippen molar-refractivity contribution in [3.05, 3.63) is 29.3 Å². The predicted molar refractivity (Wildman–Crippen MR) is 86.7 cm³/mol. The Labute approximate surface area is 127 Å². The molecule has 1 unspecified atom stereocenters. The van der Waals surface area contributed by atoms with Crippen LogP contribution in [0.25, 0.3) is 0 Å². The monoisotopic (exact) mass is 292 g/mol. The summed E-state index contributed by atoms with van der Waals surface area (Å²) >= 11 is 6.03. The Hall–Kier alpha value is -0.730. The van der Waals surface area contributed by atoms with Crippen LogP contribution in [0.3, 0.4) is 0 Å². The van der Waals surface area contributed by atoms with Crippen molar-refractivity contribution in [2.24, 2.45) is 0 Å². The number of nitrogens with zero attached hydrogens (tertiary/aromatic N) is 1. The third-order valence-electron chi connectivity index (χ3n) is 5.07. The third-order valence-corrected chi connectivity index (χ3v) is 5.32. The molecule has 110 valence electrons. The van der Waals surface area contributed by atoms with E-state index in [1.165, 1.54) is 44.2 Å². The summed E-state index contributed by atoms with van der Waals surface area (Å²) in [6, 6.07) is 8.97. The molecule has 2 nitrogen and oxygen atoms in total. The summed E-state index contributed by atoms with van der Waals surface area (Å²) in [5.74, 6) is 0. The van der Waals surface area contributed by atoms with E-state index >= 15 is 0 Å². The van der Waals surface area contributed by atoms with Crippen LogP contribution >= 0.6 is 11.6 Å². The lowest BCUT2D eigenvalue weighted by Crippen LogP contribution is -2.65. The molecule has 1 aromatic carbocycles. The summed E-state index contributed by atoms with van der Waals surface area (Å²) in [5, 5.41) is 4.70. The third kappa shape index (κ3) is 2.82. The van der Waals surface area contributed by atoms with E-state index in [-0.39, 0.29) is 0 Å². The molecule has 1 aliphatic heterocycles. The highest BCUT2D eigenvalue weighted by Gasteiger charge is 2.39. The maximum absolute atomic E-state index is 6.03. The van der Waals surface area contributed by atoms with Gasteiger partial charge in [0.15, 0.2) is 0 Å².